The molecule has 13 heavy (non-hydrogen) atoms. The number of halogens is 1. The first-order valence-electron chi connectivity index (χ1n) is 4.59. The number of hydrogen-bond acceptors (Lipinski definition) is 2. The lowest BCUT2D eigenvalue weighted by molar-refractivity contribution is 0.414. The van der Waals surface area contributed by atoms with Gasteiger partial charge in [-0.15, -0.1) is 0 Å². The Bertz CT molecular complexity index is 211. The molecule has 0 aromatic carbocycles. The molecular weight excluding hydrogens is 169 g/mol. The third-order valence-electron chi connectivity index (χ3n) is 1.82. The summed E-state index contributed by atoms with van der Waals surface area (Å²) in [6.45, 7) is 3.39. The van der Waals surface area contributed by atoms with Crippen molar-refractivity contribution in [3.05, 3.63) is 18.5 Å². The third kappa shape index (κ3) is 4.03. The van der Waals surface area contributed by atoms with Crippen LogP contribution >= 0.6 is 0 Å². The predicted octanol–water partition coefficient (Wildman–Crippen LogP) is 1.22. The zero-order valence-corrected chi connectivity index (χ0v) is 7.91. The van der Waals surface area contributed by atoms with Crippen LogP contribution in [0.5, 0.6) is 0 Å². The highest BCUT2D eigenvalue weighted by Gasteiger charge is 2.00. The van der Waals surface area contributed by atoms with Crippen LogP contribution in [0.2, 0.25) is 0 Å². The van der Waals surface area contributed by atoms with Gasteiger partial charge in [-0.25, -0.2) is 0 Å². The number of hydrogen-bond donors (Lipinski definition) is 1. The topological polar surface area (TPSA) is 29.9 Å². The van der Waals surface area contributed by atoms with Gasteiger partial charge in [0, 0.05) is 18.4 Å². The number of nitrogens with zero attached hydrogens (tertiary/aromatic N) is 2. The molecule has 0 saturated heterocycles. The van der Waals surface area contributed by atoms with Crippen LogP contribution in [-0.4, -0.2) is 29.0 Å². The Kier molecular flexibility index (Phi) is 4.46. The molecule has 0 aliphatic carbocycles. The second kappa shape index (κ2) is 5.70. The van der Waals surface area contributed by atoms with E-state index in [1.54, 1.807) is 6.20 Å². The molecule has 3 nitrogen and oxygen atoms in total. The highest BCUT2D eigenvalue weighted by Crippen LogP contribution is 1.90. The van der Waals surface area contributed by atoms with E-state index in [1.165, 1.54) is 0 Å². The van der Waals surface area contributed by atoms with Gasteiger partial charge >= 0.3 is 0 Å². The van der Waals surface area contributed by atoms with Crippen LogP contribution in [0.15, 0.2) is 18.5 Å². The van der Waals surface area contributed by atoms with Crippen LogP contribution < -0.4 is 5.32 Å². The second-order valence-corrected chi connectivity index (χ2v) is 3.13. The maximum Gasteiger partial charge on any atom is 0.0906 e. The van der Waals surface area contributed by atoms with Gasteiger partial charge in [0.25, 0.3) is 0 Å². The number of rotatable bonds is 6. The Morgan fingerprint density at radius 3 is 3.08 bits per heavy atom. The molecule has 0 amide bonds. The zero-order chi connectivity index (χ0) is 9.52. The molecule has 0 bridgehead atoms. The summed E-state index contributed by atoms with van der Waals surface area (Å²) >= 11 is 0. The maximum absolute atomic E-state index is 11.8. The highest BCUT2D eigenvalue weighted by atomic mass is 19.1. The van der Waals surface area contributed by atoms with Crippen molar-refractivity contribution in [2.45, 2.75) is 25.9 Å². The number of alkyl halides is 1. The smallest absolute Gasteiger partial charge is 0.0906 e. The van der Waals surface area contributed by atoms with E-state index < -0.39 is 0 Å². The summed E-state index contributed by atoms with van der Waals surface area (Å²) in [6, 6.07) is 2.24. The minimum atomic E-state index is -0.249. The largest absolute Gasteiger partial charge is 0.312 e. The van der Waals surface area contributed by atoms with Crippen LogP contribution in [0.4, 0.5) is 4.39 Å². The van der Waals surface area contributed by atoms with E-state index in [4.69, 9.17) is 0 Å². The van der Waals surface area contributed by atoms with Crippen molar-refractivity contribution in [2.75, 3.05) is 13.2 Å². The molecule has 1 unspecified atom stereocenters. The molecule has 0 aliphatic rings. The van der Waals surface area contributed by atoms with Crippen molar-refractivity contribution in [3.8, 4) is 0 Å². The fraction of sp³-hybridized carbons (Fsp3) is 0.667. The van der Waals surface area contributed by atoms with E-state index in [0.29, 0.717) is 12.5 Å². The van der Waals surface area contributed by atoms with E-state index in [1.807, 2.05) is 16.9 Å². The van der Waals surface area contributed by atoms with Crippen molar-refractivity contribution in [1.82, 2.24) is 15.1 Å². The van der Waals surface area contributed by atoms with Gasteiger partial charge in [0.15, 0.2) is 0 Å². The molecule has 74 valence electrons. The molecule has 1 heterocycles. The fourth-order valence-electron chi connectivity index (χ4n) is 1.17. The minimum Gasteiger partial charge on any atom is -0.312 e. The van der Waals surface area contributed by atoms with Crippen LogP contribution in [0, 0.1) is 0 Å². The molecule has 1 N–H and O–H groups in total. The highest BCUT2D eigenvalue weighted by molar-refractivity contribution is 4.78. The monoisotopic (exact) mass is 185 g/mol. The van der Waals surface area contributed by atoms with Crippen molar-refractivity contribution >= 4 is 0 Å². The first kappa shape index (κ1) is 10.2. The Balaban J connectivity index is 2.14. The molecule has 0 spiro atoms. The van der Waals surface area contributed by atoms with Gasteiger partial charge in [0.1, 0.15) is 0 Å². The van der Waals surface area contributed by atoms with E-state index in [-0.39, 0.29) is 6.67 Å². The molecular formula is C9H16FN3. The van der Waals surface area contributed by atoms with Crippen LogP contribution in [-0.2, 0) is 6.54 Å². The SMILES string of the molecule is CC(Cn1cccn1)NCCCF. The summed E-state index contributed by atoms with van der Waals surface area (Å²) in [5.41, 5.74) is 0. The van der Waals surface area contributed by atoms with Crippen LogP contribution in [0.3, 0.4) is 0 Å². The van der Waals surface area contributed by atoms with Crippen molar-refractivity contribution < 1.29 is 4.39 Å². The molecule has 1 atom stereocenters. The normalized spacial score (nSPS) is 13.1. The zero-order valence-electron chi connectivity index (χ0n) is 7.91. The summed E-state index contributed by atoms with van der Waals surface area (Å²) in [5, 5.41) is 7.31. The number of nitrogens with one attached hydrogen (secondary N) is 1. The summed E-state index contributed by atoms with van der Waals surface area (Å²) < 4.78 is 13.6. The van der Waals surface area contributed by atoms with Crippen molar-refractivity contribution in [3.63, 3.8) is 0 Å². The van der Waals surface area contributed by atoms with E-state index in [2.05, 4.69) is 17.3 Å². The molecule has 1 aromatic heterocycles. The van der Waals surface area contributed by atoms with Crippen LogP contribution in [0.1, 0.15) is 13.3 Å². The van der Waals surface area contributed by atoms with Gasteiger partial charge in [-0.2, -0.15) is 5.10 Å². The molecule has 1 aromatic rings. The Morgan fingerprint density at radius 1 is 1.62 bits per heavy atom. The van der Waals surface area contributed by atoms with E-state index >= 15 is 0 Å². The van der Waals surface area contributed by atoms with Gasteiger partial charge in [-0.3, -0.25) is 9.07 Å². The van der Waals surface area contributed by atoms with Gasteiger partial charge in [-0.1, -0.05) is 0 Å². The first-order valence-corrected chi connectivity index (χ1v) is 4.59. The summed E-state index contributed by atoms with van der Waals surface area (Å²) in [5.74, 6) is 0. The summed E-state index contributed by atoms with van der Waals surface area (Å²) in [6.07, 6.45) is 4.27. The molecule has 4 heteroatoms. The van der Waals surface area contributed by atoms with Gasteiger partial charge < -0.3 is 5.32 Å². The second-order valence-electron chi connectivity index (χ2n) is 3.13. The van der Waals surface area contributed by atoms with Gasteiger partial charge in [0.2, 0.25) is 0 Å². The minimum absolute atomic E-state index is 0.249. The number of aromatic nitrogens is 2. The standard InChI is InChI=1S/C9H16FN3/c1-9(11-5-2-4-10)8-13-7-3-6-12-13/h3,6-7,9,11H,2,4-5,8H2,1H3. The van der Waals surface area contributed by atoms with Crippen molar-refractivity contribution in [2.24, 2.45) is 0 Å². The van der Waals surface area contributed by atoms with E-state index in [0.717, 1.165) is 13.1 Å². The molecule has 0 fully saturated rings. The molecule has 0 radical (unpaired) electrons. The first-order chi connectivity index (χ1) is 6.33. The summed E-state index contributed by atoms with van der Waals surface area (Å²) in [4.78, 5) is 0. The average Bonchev–Trinajstić information content (AvgIpc) is 2.57. The van der Waals surface area contributed by atoms with E-state index in [9.17, 15) is 4.39 Å². The Hall–Kier alpha value is -0.900. The van der Waals surface area contributed by atoms with Crippen molar-refractivity contribution in [1.29, 1.82) is 0 Å². The Labute approximate surface area is 77.9 Å². The fourth-order valence-corrected chi connectivity index (χ4v) is 1.17. The lowest BCUT2D eigenvalue weighted by Gasteiger charge is -2.12. The quantitative estimate of drug-likeness (QED) is 0.675. The van der Waals surface area contributed by atoms with Gasteiger partial charge in [-0.05, 0) is 26.0 Å². The molecule has 0 saturated carbocycles. The maximum atomic E-state index is 11.8. The average molecular weight is 185 g/mol. The summed E-state index contributed by atoms with van der Waals surface area (Å²) in [7, 11) is 0. The van der Waals surface area contributed by atoms with Gasteiger partial charge in [0.05, 0.1) is 13.2 Å². The lowest BCUT2D eigenvalue weighted by atomic mass is 10.3. The lowest BCUT2D eigenvalue weighted by Crippen LogP contribution is -2.31. The van der Waals surface area contributed by atoms with Crippen LogP contribution in [0.25, 0.3) is 0 Å². The molecule has 0 aliphatic heterocycles. The third-order valence-corrected chi connectivity index (χ3v) is 1.82. The molecule has 1 rings (SSSR count). The Morgan fingerprint density at radius 2 is 2.46 bits per heavy atom. The predicted molar refractivity (Wildman–Crippen MR) is 50.3 cm³/mol.